The zero-order valence-corrected chi connectivity index (χ0v) is 17.9. The van der Waals surface area contributed by atoms with Crippen molar-refractivity contribution in [3.8, 4) is 0 Å². The molecule has 7 nitrogen and oxygen atoms in total. The quantitative estimate of drug-likeness (QED) is 0.498. The van der Waals surface area contributed by atoms with Gasteiger partial charge in [0.2, 0.25) is 5.56 Å². The van der Waals surface area contributed by atoms with Crippen LogP contribution in [0.2, 0.25) is 0 Å². The van der Waals surface area contributed by atoms with Gasteiger partial charge in [-0.25, -0.2) is 18.7 Å². The van der Waals surface area contributed by atoms with Crippen molar-refractivity contribution in [3.05, 3.63) is 87.7 Å². The van der Waals surface area contributed by atoms with Crippen molar-refractivity contribution in [2.24, 2.45) is 0 Å². The van der Waals surface area contributed by atoms with Crippen molar-refractivity contribution in [3.63, 3.8) is 0 Å². The molecule has 0 aliphatic carbocycles. The van der Waals surface area contributed by atoms with Crippen molar-refractivity contribution >= 4 is 22.5 Å². The van der Waals surface area contributed by atoms with Crippen LogP contribution in [0.1, 0.15) is 17.1 Å². The van der Waals surface area contributed by atoms with Crippen LogP contribution in [0.3, 0.4) is 0 Å². The monoisotopic (exact) mass is 436 g/mol. The lowest BCUT2D eigenvalue weighted by atomic mass is 10.1. The molecule has 0 bridgehead atoms. The molecule has 0 aliphatic heterocycles. The van der Waals surface area contributed by atoms with Gasteiger partial charge in [-0.3, -0.25) is 9.78 Å². The lowest BCUT2D eigenvalue weighted by Gasteiger charge is -2.25. The fourth-order valence-electron chi connectivity index (χ4n) is 3.50. The first-order valence-corrected chi connectivity index (χ1v) is 9.99. The maximum Gasteiger partial charge on any atom is 0.248 e. The number of hydrogen-bond donors (Lipinski definition) is 1. The first-order valence-electron chi connectivity index (χ1n) is 9.99. The highest BCUT2D eigenvalue weighted by Gasteiger charge is 2.18. The number of hydrogen-bond acceptors (Lipinski definition) is 6. The van der Waals surface area contributed by atoms with E-state index in [4.69, 9.17) is 0 Å². The molecule has 0 spiro atoms. The van der Waals surface area contributed by atoms with Gasteiger partial charge >= 0.3 is 0 Å². The van der Waals surface area contributed by atoms with Gasteiger partial charge in [-0.05, 0) is 36.8 Å². The summed E-state index contributed by atoms with van der Waals surface area (Å²) in [6.07, 6.45) is 1.70. The molecule has 32 heavy (non-hydrogen) atoms. The Labute approximate surface area is 183 Å². The number of aromatic nitrogens is 4. The van der Waals surface area contributed by atoms with Crippen LogP contribution in [-0.4, -0.2) is 34.0 Å². The Bertz CT molecular complexity index is 1320. The smallest absolute Gasteiger partial charge is 0.248 e. The largest absolute Gasteiger partial charge is 0.363 e. The lowest BCUT2D eigenvalue weighted by Crippen LogP contribution is -2.26. The molecule has 3 heterocycles. The number of halogens is 2. The van der Waals surface area contributed by atoms with Gasteiger partial charge in [0.05, 0.1) is 17.8 Å². The molecule has 0 saturated heterocycles. The number of nitrogens with one attached hydrogen (secondary N) is 1. The predicted molar refractivity (Wildman–Crippen MR) is 120 cm³/mol. The molecule has 4 rings (SSSR count). The van der Waals surface area contributed by atoms with Gasteiger partial charge in [-0.2, -0.15) is 0 Å². The summed E-state index contributed by atoms with van der Waals surface area (Å²) in [5.74, 6) is -0.158. The van der Waals surface area contributed by atoms with Gasteiger partial charge in [0, 0.05) is 44.4 Å². The van der Waals surface area contributed by atoms with Crippen molar-refractivity contribution in [2.75, 3.05) is 23.9 Å². The minimum Gasteiger partial charge on any atom is -0.363 e. The standard InChI is InChI=1S/C23H22F2N6O/c1-14-27-19(30(2)3)11-20(28-14)31(13-16-6-4-5-9-26-16)12-15-10-21(32)29-23-17(15)7-8-18(24)22(23)25/h4-11H,12-13H2,1-3H3,(H,29,32). The second-order valence-corrected chi connectivity index (χ2v) is 7.65. The molecule has 9 heteroatoms. The van der Waals surface area contributed by atoms with E-state index in [1.165, 1.54) is 12.1 Å². The maximum atomic E-state index is 14.4. The summed E-state index contributed by atoms with van der Waals surface area (Å²) < 4.78 is 28.1. The van der Waals surface area contributed by atoms with E-state index in [9.17, 15) is 13.6 Å². The van der Waals surface area contributed by atoms with Crippen LogP contribution in [0.5, 0.6) is 0 Å². The molecule has 1 aromatic carbocycles. The summed E-state index contributed by atoms with van der Waals surface area (Å²) in [5.41, 5.74) is 0.670. The Morgan fingerprint density at radius 2 is 1.78 bits per heavy atom. The van der Waals surface area contributed by atoms with Gasteiger partial charge in [-0.15, -0.1) is 0 Å². The molecular weight excluding hydrogens is 414 g/mol. The molecule has 4 aromatic rings. The third-order valence-corrected chi connectivity index (χ3v) is 5.03. The average molecular weight is 436 g/mol. The molecule has 3 aromatic heterocycles. The third-order valence-electron chi connectivity index (χ3n) is 5.03. The number of anilines is 2. The van der Waals surface area contributed by atoms with Crippen LogP contribution in [0.25, 0.3) is 10.9 Å². The fraction of sp³-hybridized carbons (Fsp3) is 0.217. The molecule has 0 saturated carbocycles. The van der Waals surface area contributed by atoms with Crippen LogP contribution >= 0.6 is 0 Å². The molecule has 0 aliphatic rings. The molecule has 1 N–H and O–H groups in total. The Morgan fingerprint density at radius 3 is 2.50 bits per heavy atom. The number of H-pyrrole nitrogens is 1. The maximum absolute atomic E-state index is 14.4. The topological polar surface area (TPSA) is 78.0 Å². The average Bonchev–Trinajstić information content (AvgIpc) is 2.76. The number of aromatic amines is 1. The van der Waals surface area contributed by atoms with E-state index < -0.39 is 17.2 Å². The molecule has 0 amide bonds. The zero-order valence-electron chi connectivity index (χ0n) is 17.9. The van der Waals surface area contributed by atoms with E-state index in [1.54, 1.807) is 13.1 Å². The first kappa shape index (κ1) is 21.4. The summed E-state index contributed by atoms with van der Waals surface area (Å²) in [7, 11) is 3.77. The van der Waals surface area contributed by atoms with Crippen LogP contribution in [0.4, 0.5) is 20.4 Å². The molecular formula is C23H22F2N6O. The van der Waals surface area contributed by atoms with E-state index in [2.05, 4.69) is 19.9 Å². The van der Waals surface area contributed by atoms with Gasteiger partial charge in [0.1, 0.15) is 17.5 Å². The summed E-state index contributed by atoms with van der Waals surface area (Å²) in [5, 5.41) is 0.424. The molecule has 164 valence electrons. The number of aryl methyl sites for hydroxylation is 1. The summed E-state index contributed by atoms with van der Waals surface area (Å²) in [4.78, 5) is 31.9. The van der Waals surface area contributed by atoms with Crippen LogP contribution in [0, 0.1) is 18.6 Å². The highest BCUT2D eigenvalue weighted by molar-refractivity contribution is 5.82. The number of pyridine rings is 2. The van der Waals surface area contributed by atoms with E-state index in [-0.39, 0.29) is 12.1 Å². The van der Waals surface area contributed by atoms with Crippen molar-refractivity contribution in [2.45, 2.75) is 20.0 Å². The number of rotatable bonds is 6. The number of nitrogens with zero attached hydrogens (tertiary/aromatic N) is 5. The Kier molecular flexibility index (Phi) is 5.81. The van der Waals surface area contributed by atoms with Crippen LogP contribution in [0.15, 0.2) is 53.5 Å². The summed E-state index contributed by atoms with van der Waals surface area (Å²) >= 11 is 0. The predicted octanol–water partition coefficient (Wildman–Crippen LogP) is 3.57. The molecule has 0 fully saturated rings. The Balaban J connectivity index is 1.83. The number of fused-ring (bicyclic) bond motifs is 1. The van der Waals surface area contributed by atoms with Crippen molar-refractivity contribution < 1.29 is 8.78 Å². The highest BCUT2D eigenvalue weighted by atomic mass is 19.2. The van der Waals surface area contributed by atoms with E-state index >= 15 is 0 Å². The van der Waals surface area contributed by atoms with Gasteiger partial charge in [-0.1, -0.05) is 6.07 Å². The normalized spacial score (nSPS) is 11.0. The molecule has 0 radical (unpaired) electrons. The third kappa shape index (κ3) is 4.41. The highest BCUT2D eigenvalue weighted by Crippen LogP contribution is 2.25. The SMILES string of the molecule is Cc1nc(N(C)C)cc(N(Cc2ccccn2)Cc2cc(=O)[nH]c3c(F)c(F)ccc23)n1. The first-order chi connectivity index (χ1) is 15.3. The second kappa shape index (κ2) is 8.70. The summed E-state index contributed by atoms with van der Waals surface area (Å²) in [6, 6.07) is 11.4. The van der Waals surface area contributed by atoms with Crippen LogP contribution < -0.4 is 15.4 Å². The number of benzene rings is 1. The van der Waals surface area contributed by atoms with E-state index in [0.717, 1.165) is 17.6 Å². The minimum absolute atomic E-state index is 0.155. The molecule has 0 atom stereocenters. The van der Waals surface area contributed by atoms with Crippen molar-refractivity contribution in [1.29, 1.82) is 0 Å². The zero-order chi connectivity index (χ0) is 22.8. The molecule has 0 unspecified atom stereocenters. The van der Waals surface area contributed by atoms with Gasteiger partial charge in [0.25, 0.3) is 0 Å². The van der Waals surface area contributed by atoms with E-state index in [1.807, 2.05) is 48.2 Å². The lowest BCUT2D eigenvalue weighted by molar-refractivity contribution is 0.515. The Morgan fingerprint density at radius 1 is 1.00 bits per heavy atom. The van der Waals surface area contributed by atoms with Crippen molar-refractivity contribution in [1.82, 2.24) is 19.9 Å². The van der Waals surface area contributed by atoms with Gasteiger partial charge in [0.15, 0.2) is 11.6 Å². The summed E-state index contributed by atoms with van der Waals surface area (Å²) in [6.45, 7) is 2.42. The fourth-order valence-corrected chi connectivity index (χ4v) is 3.50. The second-order valence-electron chi connectivity index (χ2n) is 7.65. The Hall–Kier alpha value is -3.88. The van der Waals surface area contributed by atoms with Gasteiger partial charge < -0.3 is 14.8 Å². The minimum atomic E-state index is -1.08. The van der Waals surface area contributed by atoms with Crippen LogP contribution in [-0.2, 0) is 13.1 Å². The van der Waals surface area contributed by atoms with E-state index in [0.29, 0.717) is 29.1 Å².